The van der Waals surface area contributed by atoms with Crippen LogP contribution < -0.4 is 5.32 Å². The van der Waals surface area contributed by atoms with Crippen molar-refractivity contribution in [1.82, 2.24) is 10.3 Å². The van der Waals surface area contributed by atoms with Crippen molar-refractivity contribution in [2.24, 2.45) is 11.3 Å². The van der Waals surface area contributed by atoms with Crippen molar-refractivity contribution in [2.45, 2.75) is 39.7 Å². The van der Waals surface area contributed by atoms with Crippen LogP contribution in [0, 0.1) is 17.2 Å². The molecular formula is C20H25FN2O2S. The molecule has 1 amide bonds. The highest BCUT2D eigenvalue weighted by atomic mass is 32.1. The molecule has 3 rings (SSSR count). The first-order valence-electron chi connectivity index (χ1n) is 8.97. The number of ether oxygens (including phenoxy) is 1. The highest BCUT2D eigenvalue weighted by molar-refractivity contribution is 7.16. The molecule has 0 bridgehead atoms. The topological polar surface area (TPSA) is 51.2 Å². The molecule has 0 radical (unpaired) electrons. The van der Waals surface area contributed by atoms with Gasteiger partial charge in [0.15, 0.2) is 0 Å². The summed E-state index contributed by atoms with van der Waals surface area (Å²) in [6.07, 6.45) is 3.71. The Morgan fingerprint density at radius 2 is 2.15 bits per heavy atom. The van der Waals surface area contributed by atoms with Gasteiger partial charge in [-0.1, -0.05) is 32.9 Å². The molecule has 1 N–H and O–H groups in total. The summed E-state index contributed by atoms with van der Waals surface area (Å²) in [6.45, 7) is 7.87. The molecule has 0 saturated carbocycles. The number of hydrogen-bond acceptors (Lipinski definition) is 4. The zero-order chi connectivity index (χ0) is 18.7. The van der Waals surface area contributed by atoms with Gasteiger partial charge in [-0.05, 0) is 30.4 Å². The van der Waals surface area contributed by atoms with E-state index in [2.05, 4.69) is 31.1 Å². The van der Waals surface area contributed by atoms with Gasteiger partial charge in [0.05, 0.1) is 12.3 Å². The van der Waals surface area contributed by atoms with Gasteiger partial charge in [0.1, 0.15) is 15.7 Å². The fourth-order valence-corrected chi connectivity index (χ4v) is 4.32. The van der Waals surface area contributed by atoms with Crippen LogP contribution in [0.25, 0.3) is 10.6 Å². The average Bonchev–Trinajstić information content (AvgIpc) is 3.09. The quantitative estimate of drug-likeness (QED) is 0.853. The van der Waals surface area contributed by atoms with Crippen LogP contribution >= 0.6 is 11.3 Å². The number of carbonyl (C=O) groups excluding carboxylic acids is 1. The number of benzene rings is 1. The number of nitrogens with zero attached hydrogens (tertiary/aromatic N) is 1. The zero-order valence-electron chi connectivity index (χ0n) is 15.4. The minimum Gasteiger partial charge on any atom is -0.377 e. The van der Waals surface area contributed by atoms with E-state index in [4.69, 9.17) is 4.74 Å². The van der Waals surface area contributed by atoms with Crippen LogP contribution in [0.2, 0.25) is 0 Å². The third-order valence-electron chi connectivity index (χ3n) is 4.66. The number of amides is 1. The standard InChI is InChI=1S/C20H25FN2O2S/c1-20(2,3)17-13(7-6-10-25-17)11-22-18(24)16-12-23-19(26-16)14-8-4-5-9-15(14)21/h4-5,8-9,12-13,17H,6-7,10-11H2,1-3H3,(H,22,24)/t13-,17+/m1/s1. The molecule has 2 aromatic rings. The summed E-state index contributed by atoms with van der Waals surface area (Å²) in [5.74, 6) is -0.198. The molecule has 1 saturated heterocycles. The van der Waals surface area contributed by atoms with Crippen LogP contribution in [0.3, 0.4) is 0 Å². The first kappa shape index (κ1) is 19.0. The zero-order valence-corrected chi connectivity index (χ0v) is 16.2. The van der Waals surface area contributed by atoms with Gasteiger partial charge in [0.2, 0.25) is 0 Å². The number of aromatic nitrogens is 1. The second-order valence-corrected chi connectivity index (χ2v) is 8.81. The number of carbonyl (C=O) groups is 1. The van der Waals surface area contributed by atoms with E-state index >= 15 is 0 Å². The van der Waals surface area contributed by atoms with Gasteiger partial charge in [-0.25, -0.2) is 9.37 Å². The fourth-order valence-electron chi connectivity index (χ4n) is 3.46. The van der Waals surface area contributed by atoms with Crippen molar-refractivity contribution in [3.8, 4) is 10.6 Å². The van der Waals surface area contributed by atoms with E-state index < -0.39 is 0 Å². The average molecular weight is 376 g/mol. The molecule has 1 aliphatic heterocycles. The van der Waals surface area contributed by atoms with E-state index in [1.165, 1.54) is 23.6 Å². The van der Waals surface area contributed by atoms with Crippen molar-refractivity contribution in [3.63, 3.8) is 0 Å². The molecule has 1 aromatic heterocycles. The number of rotatable bonds is 4. The summed E-state index contributed by atoms with van der Waals surface area (Å²) in [4.78, 5) is 17.2. The van der Waals surface area contributed by atoms with Crippen LogP contribution in [0.15, 0.2) is 30.5 Å². The molecule has 140 valence electrons. The molecule has 26 heavy (non-hydrogen) atoms. The van der Waals surface area contributed by atoms with Crippen molar-refractivity contribution in [1.29, 1.82) is 0 Å². The maximum Gasteiger partial charge on any atom is 0.263 e. The molecule has 2 heterocycles. The molecule has 0 spiro atoms. The van der Waals surface area contributed by atoms with Crippen LogP contribution in [0.1, 0.15) is 43.3 Å². The van der Waals surface area contributed by atoms with Crippen molar-refractivity contribution >= 4 is 17.2 Å². The maximum atomic E-state index is 13.9. The van der Waals surface area contributed by atoms with Crippen molar-refractivity contribution in [2.75, 3.05) is 13.2 Å². The Kier molecular flexibility index (Phi) is 5.73. The largest absolute Gasteiger partial charge is 0.377 e. The predicted molar refractivity (Wildman–Crippen MR) is 102 cm³/mol. The summed E-state index contributed by atoms with van der Waals surface area (Å²) in [6, 6.07) is 6.46. The van der Waals surface area contributed by atoms with E-state index in [1.54, 1.807) is 18.2 Å². The predicted octanol–water partition coefficient (Wildman–Crippen LogP) is 4.52. The number of hydrogen-bond donors (Lipinski definition) is 1. The van der Waals surface area contributed by atoms with Gasteiger partial charge >= 0.3 is 0 Å². The summed E-state index contributed by atoms with van der Waals surface area (Å²) < 4.78 is 19.8. The molecule has 0 aliphatic carbocycles. The van der Waals surface area contributed by atoms with E-state index in [0.717, 1.165) is 19.4 Å². The molecule has 4 nitrogen and oxygen atoms in total. The summed E-state index contributed by atoms with van der Waals surface area (Å²) in [7, 11) is 0. The van der Waals surface area contributed by atoms with Gasteiger partial charge in [0, 0.05) is 24.6 Å². The third-order valence-corrected chi connectivity index (χ3v) is 5.69. The van der Waals surface area contributed by atoms with Gasteiger partial charge in [0.25, 0.3) is 5.91 Å². The lowest BCUT2D eigenvalue weighted by molar-refractivity contribution is -0.0839. The summed E-state index contributed by atoms with van der Waals surface area (Å²) in [5.41, 5.74) is 0.461. The SMILES string of the molecule is CC(C)(C)[C@H]1OCCC[C@@H]1CNC(=O)c1cnc(-c2ccccc2F)s1. The van der Waals surface area contributed by atoms with E-state index in [-0.39, 0.29) is 23.2 Å². The molecule has 1 fully saturated rings. The summed E-state index contributed by atoms with van der Waals surface area (Å²) in [5, 5.41) is 3.52. The van der Waals surface area contributed by atoms with E-state index in [1.807, 2.05) is 0 Å². The smallest absolute Gasteiger partial charge is 0.263 e. The highest BCUT2D eigenvalue weighted by Gasteiger charge is 2.35. The second kappa shape index (κ2) is 7.84. The second-order valence-electron chi connectivity index (χ2n) is 7.78. The van der Waals surface area contributed by atoms with Crippen LogP contribution in [0.4, 0.5) is 4.39 Å². The minimum atomic E-state index is -0.332. The first-order chi connectivity index (χ1) is 12.4. The third kappa shape index (κ3) is 4.30. The fraction of sp³-hybridized carbons (Fsp3) is 0.500. The Balaban J connectivity index is 1.65. The maximum absolute atomic E-state index is 13.9. The Morgan fingerprint density at radius 3 is 2.88 bits per heavy atom. The van der Waals surface area contributed by atoms with E-state index in [9.17, 15) is 9.18 Å². The van der Waals surface area contributed by atoms with Crippen molar-refractivity contribution in [3.05, 3.63) is 41.2 Å². The lowest BCUT2D eigenvalue weighted by atomic mass is 9.78. The summed E-state index contributed by atoms with van der Waals surface area (Å²) >= 11 is 1.21. The molecular weight excluding hydrogens is 351 g/mol. The number of halogens is 1. The Morgan fingerprint density at radius 1 is 1.38 bits per heavy atom. The van der Waals surface area contributed by atoms with Crippen molar-refractivity contribution < 1.29 is 13.9 Å². The van der Waals surface area contributed by atoms with Gasteiger partial charge in [-0.3, -0.25) is 4.79 Å². The van der Waals surface area contributed by atoms with Crippen LogP contribution in [-0.4, -0.2) is 30.1 Å². The monoisotopic (exact) mass is 376 g/mol. The van der Waals surface area contributed by atoms with E-state index in [0.29, 0.717) is 27.9 Å². The number of thiazole rings is 1. The van der Waals surface area contributed by atoms with Crippen LogP contribution in [-0.2, 0) is 4.74 Å². The van der Waals surface area contributed by atoms with Gasteiger partial charge < -0.3 is 10.1 Å². The number of nitrogens with one attached hydrogen (secondary N) is 1. The molecule has 2 atom stereocenters. The molecule has 1 aromatic carbocycles. The van der Waals surface area contributed by atoms with Gasteiger partial charge in [-0.15, -0.1) is 11.3 Å². The Bertz CT molecular complexity index is 769. The molecule has 6 heteroatoms. The van der Waals surface area contributed by atoms with Gasteiger partial charge in [-0.2, -0.15) is 0 Å². The van der Waals surface area contributed by atoms with Crippen LogP contribution in [0.5, 0.6) is 0 Å². The molecule has 0 unspecified atom stereocenters. The minimum absolute atomic E-state index is 0.0400. The Hall–Kier alpha value is -1.79. The Labute approximate surface area is 157 Å². The first-order valence-corrected chi connectivity index (χ1v) is 9.78. The normalized spacial score (nSPS) is 20.8. The lowest BCUT2D eigenvalue weighted by Gasteiger charge is -2.40. The molecule has 1 aliphatic rings. The lowest BCUT2D eigenvalue weighted by Crippen LogP contribution is -2.45. The highest BCUT2D eigenvalue weighted by Crippen LogP contribution is 2.34.